The van der Waals surface area contributed by atoms with Gasteiger partial charge >= 0.3 is 0 Å². The van der Waals surface area contributed by atoms with E-state index in [2.05, 4.69) is 54.1 Å². The van der Waals surface area contributed by atoms with E-state index in [9.17, 15) is 0 Å². The first-order valence-electron chi connectivity index (χ1n) is 9.48. The topological polar surface area (TPSA) is 38.9 Å². The SMILES string of the molecule is CC(C)c1coc(C[C@H]2CC[C@H](c3ccnc4ccccc43)CC2)n1. The number of aromatic nitrogens is 2. The molecule has 1 saturated carbocycles. The van der Waals surface area contributed by atoms with E-state index in [0.717, 1.165) is 23.5 Å². The number of pyridine rings is 1. The highest BCUT2D eigenvalue weighted by Gasteiger charge is 2.25. The molecular weight excluding hydrogens is 308 g/mol. The van der Waals surface area contributed by atoms with E-state index in [1.807, 2.05) is 12.5 Å². The van der Waals surface area contributed by atoms with E-state index in [1.165, 1.54) is 36.6 Å². The zero-order valence-corrected chi connectivity index (χ0v) is 15.1. The molecule has 3 aromatic rings. The quantitative estimate of drug-likeness (QED) is 0.599. The summed E-state index contributed by atoms with van der Waals surface area (Å²) >= 11 is 0. The molecule has 3 heteroatoms. The van der Waals surface area contributed by atoms with Crippen LogP contribution in [0.4, 0.5) is 0 Å². The summed E-state index contributed by atoms with van der Waals surface area (Å²) in [5.41, 5.74) is 3.66. The largest absolute Gasteiger partial charge is 0.449 e. The lowest BCUT2D eigenvalue weighted by molar-refractivity contribution is 0.305. The summed E-state index contributed by atoms with van der Waals surface area (Å²) < 4.78 is 5.68. The van der Waals surface area contributed by atoms with Gasteiger partial charge in [-0.15, -0.1) is 0 Å². The van der Waals surface area contributed by atoms with Crippen LogP contribution in [-0.2, 0) is 6.42 Å². The van der Waals surface area contributed by atoms with E-state index < -0.39 is 0 Å². The Morgan fingerprint density at radius 3 is 2.64 bits per heavy atom. The van der Waals surface area contributed by atoms with Gasteiger partial charge in [0.2, 0.25) is 0 Å². The molecule has 2 heterocycles. The van der Waals surface area contributed by atoms with E-state index in [4.69, 9.17) is 4.42 Å². The maximum absolute atomic E-state index is 5.68. The van der Waals surface area contributed by atoms with Gasteiger partial charge in [0, 0.05) is 18.0 Å². The third-order valence-electron chi connectivity index (χ3n) is 5.59. The lowest BCUT2D eigenvalue weighted by atomic mass is 9.77. The first kappa shape index (κ1) is 16.3. The van der Waals surface area contributed by atoms with Crippen LogP contribution in [0.3, 0.4) is 0 Å². The van der Waals surface area contributed by atoms with Crippen molar-refractivity contribution in [1.29, 1.82) is 0 Å². The van der Waals surface area contributed by atoms with Crippen LogP contribution in [0.15, 0.2) is 47.2 Å². The first-order valence-corrected chi connectivity index (χ1v) is 9.48. The maximum atomic E-state index is 5.68. The minimum atomic E-state index is 0.438. The van der Waals surface area contributed by atoms with Gasteiger partial charge < -0.3 is 4.42 Å². The Bertz CT molecular complexity index is 839. The average Bonchev–Trinajstić information content (AvgIpc) is 3.11. The predicted octanol–water partition coefficient (Wildman–Crippen LogP) is 5.86. The molecule has 25 heavy (non-hydrogen) atoms. The van der Waals surface area contributed by atoms with Crippen LogP contribution >= 0.6 is 0 Å². The number of benzene rings is 1. The predicted molar refractivity (Wildman–Crippen MR) is 101 cm³/mol. The summed E-state index contributed by atoms with van der Waals surface area (Å²) in [7, 11) is 0. The second-order valence-corrected chi connectivity index (χ2v) is 7.66. The molecule has 0 amide bonds. The Labute approximate surface area is 149 Å². The summed E-state index contributed by atoms with van der Waals surface area (Å²) in [6.45, 7) is 4.32. The first-order chi connectivity index (χ1) is 12.2. The van der Waals surface area contributed by atoms with E-state index in [0.29, 0.717) is 17.8 Å². The van der Waals surface area contributed by atoms with Crippen molar-refractivity contribution in [1.82, 2.24) is 9.97 Å². The highest BCUT2D eigenvalue weighted by Crippen LogP contribution is 2.39. The monoisotopic (exact) mass is 334 g/mol. The van der Waals surface area contributed by atoms with Gasteiger partial charge in [-0.3, -0.25) is 4.98 Å². The molecule has 0 bridgehead atoms. The van der Waals surface area contributed by atoms with Gasteiger partial charge in [0.15, 0.2) is 5.89 Å². The van der Waals surface area contributed by atoms with Crippen molar-refractivity contribution in [2.45, 2.75) is 57.8 Å². The molecule has 0 radical (unpaired) electrons. The highest BCUT2D eigenvalue weighted by atomic mass is 16.3. The van der Waals surface area contributed by atoms with Crippen molar-refractivity contribution in [2.75, 3.05) is 0 Å². The van der Waals surface area contributed by atoms with Crippen LogP contribution in [0, 0.1) is 5.92 Å². The van der Waals surface area contributed by atoms with Crippen molar-refractivity contribution < 1.29 is 4.42 Å². The van der Waals surface area contributed by atoms with Crippen molar-refractivity contribution in [2.24, 2.45) is 5.92 Å². The Morgan fingerprint density at radius 2 is 1.88 bits per heavy atom. The zero-order chi connectivity index (χ0) is 17.2. The lowest BCUT2D eigenvalue weighted by Gasteiger charge is -2.28. The molecule has 0 unspecified atom stereocenters. The Hall–Kier alpha value is -2.16. The third-order valence-corrected chi connectivity index (χ3v) is 5.59. The number of nitrogens with zero attached hydrogens (tertiary/aromatic N) is 2. The number of oxazole rings is 1. The molecule has 0 saturated heterocycles. The van der Waals surface area contributed by atoms with Crippen LogP contribution in [0.2, 0.25) is 0 Å². The molecule has 0 atom stereocenters. The van der Waals surface area contributed by atoms with E-state index in [-0.39, 0.29) is 0 Å². The van der Waals surface area contributed by atoms with Crippen molar-refractivity contribution in [3.63, 3.8) is 0 Å². The van der Waals surface area contributed by atoms with Crippen LogP contribution < -0.4 is 0 Å². The molecule has 0 aliphatic heterocycles. The molecule has 4 rings (SSSR count). The molecule has 3 nitrogen and oxygen atoms in total. The highest BCUT2D eigenvalue weighted by molar-refractivity contribution is 5.82. The summed E-state index contributed by atoms with van der Waals surface area (Å²) in [6.07, 6.45) is 9.77. The minimum absolute atomic E-state index is 0.438. The zero-order valence-electron chi connectivity index (χ0n) is 15.1. The number of hydrogen-bond donors (Lipinski definition) is 0. The molecule has 1 aliphatic rings. The molecule has 0 N–H and O–H groups in total. The fraction of sp³-hybridized carbons (Fsp3) is 0.455. The van der Waals surface area contributed by atoms with Crippen molar-refractivity contribution in [3.8, 4) is 0 Å². The molecule has 1 aromatic carbocycles. The van der Waals surface area contributed by atoms with Crippen LogP contribution in [-0.4, -0.2) is 9.97 Å². The second kappa shape index (κ2) is 6.99. The van der Waals surface area contributed by atoms with Gasteiger partial charge in [0.1, 0.15) is 6.26 Å². The van der Waals surface area contributed by atoms with Gasteiger partial charge in [0.25, 0.3) is 0 Å². The molecule has 0 spiro atoms. The normalized spacial score (nSPS) is 21.1. The summed E-state index contributed by atoms with van der Waals surface area (Å²) in [4.78, 5) is 9.15. The fourth-order valence-corrected chi connectivity index (χ4v) is 4.08. The lowest BCUT2D eigenvalue weighted by Crippen LogP contribution is -2.16. The average molecular weight is 334 g/mol. The van der Waals surface area contributed by atoms with Crippen LogP contribution in [0.25, 0.3) is 10.9 Å². The standard InChI is InChI=1S/C22H26N2O/c1-15(2)21-14-25-22(24-21)13-16-7-9-17(10-8-16)18-11-12-23-20-6-4-3-5-19(18)20/h3-6,11-12,14-17H,7-10,13H2,1-2H3/t16-,17-. The van der Waals surface area contributed by atoms with Crippen LogP contribution in [0.5, 0.6) is 0 Å². The number of para-hydroxylation sites is 1. The third kappa shape index (κ3) is 3.46. The summed E-state index contributed by atoms with van der Waals surface area (Å²) in [5.74, 6) is 2.71. The van der Waals surface area contributed by atoms with Gasteiger partial charge in [0.05, 0.1) is 11.2 Å². The van der Waals surface area contributed by atoms with E-state index >= 15 is 0 Å². The van der Waals surface area contributed by atoms with Gasteiger partial charge in [-0.05, 0) is 61.1 Å². The Balaban J connectivity index is 1.42. The maximum Gasteiger partial charge on any atom is 0.194 e. The van der Waals surface area contributed by atoms with Crippen molar-refractivity contribution in [3.05, 3.63) is 59.9 Å². The molecule has 1 aliphatic carbocycles. The molecule has 130 valence electrons. The Kier molecular flexibility index (Phi) is 4.56. The smallest absolute Gasteiger partial charge is 0.194 e. The molecular formula is C22H26N2O. The van der Waals surface area contributed by atoms with Gasteiger partial charge in [-0.2, -0.15) is 0 Å². The van der Waals surface area contributed by atoms with Crippen molar-refractivity contribution >= 4 is 10.9 Å². The van der Waals surface area contributed by atoms with E-state index in [1.54, 1.807) is 0 Å². The number of fused-ring (bicyclic) bond motifs is 1. The molecule has 2 aromatic heterocycles. The second-order valence-electron chi connectivity index (χ2n) is 7.66. The number of hydrogen-bond acceptors (Lipinski definition) is 3. The molecule has 1 fully saturated rings. The van der Waals surface area contributed by atoms with Gasteiger partial charge in [-0.1, -0.05) is 32.0 Å². The number of rotatable bonds is 4. The summed E-state index contributed by atoms with van der Waals surface area (Å²) in [5, 5.41) is 1.32. The van der Waals surface area contributed by atoms with Gasteiger partial charge in [-0.25, -0.2) is 4.98 Å². The minimum Gasteiger partial charge on any atom is -0.449 e. The fourth-order valence-electron chi connectivity index (χ4n) is 4.08. The summed E-state index contributed by atoms with van der Waals surface area (Å²) in [6, 6.07) is 10.7. The Morgan fingerprint density at radius 1 is 1.08 bits per heavy atom. The van der Waals surface area contributed by atoms with Crippen LogP contribution in [0.1, 0.15) is 68.5 Å².